The summed E-state index contributed by atoms with van der Waals surface area (Å²) >= 11 is 0. The molecule has 0 bridgehead atoms. The molecule has 0 radical (unpaired) electrons. The number of hydrogen-bond donors (Lipinski definition) is 3. The standard InChI is InChI=1S/C12H17FN2O/c13-12(5-7-14-8-6-12)9-15-10-1-3-11(16)4-2-10/h1-4,14-16H,5-9H2. The van der Waals surface area contributed by atoms with E-state index < -0.39 is 5.67 Å². The fraction of sp³-hybridized carbons (Fsp3) is 0.500. The highest BCUT2D eigenvalue weighted by Crippen LogP contribution is 2.24. The van der Waals surface area contributed by atoms with E-state index in [1.165, 1.54) is 0 Å². The molecular formula is C12H17FN2O. The van der Waals surface area contributed by atoms with Crippen LogP contribution in [-0.2, 0) is 0 Å². The summed E-state index contributed by atoms with van der Waals surface area (Å²) in [7, 11) is 0. The summed E-state index contributed by atoms with van der Waals surface area (Å²) in [5, 5.41) is 15.3. The minimum absolute atomic E-state index is 0.224. The molecule has 1 saturated heterocycles. The zero-order chi connectivity index (χ0) is 11.4. The van der Waals surface area contributed by atoms with E-state index in [9.17, 15) is 4.39 Å². The van der Waals surface area contributed by atoms with Crippen LogP contribution in [0.2, 0.25) is 0 Å². The molecule has 2 rings (SSSR count). The summed E-state index contributed by atoms with van der Waals surface area (Å²) in [5.74, 6) is 0.224. The molecule has 1 aromatic carbocycles. The Morgan fingerprint density at radius 3 is 2.50 bits per heavy atom. The van der Waals surface area contributed by atoms with Gasteiger partial charge in [-0.15, -0.1) is 0 Å². The van der Waals surface area contributed by atoms with Crippen LogP contribution < -0.4 is 10.6 Å². The maximum absolute atomic E-state index is 14.2. The van der Waals surface area contributed by atoms with Crippen LogP contribution >= 0.6 is 0 Å². The van der Waals surface area contributed by atoms with Gasteiger partial charge in [-0.3, -0.25) is 0 Å². The van der Waals surface area contributed by atoms with Gasteiger partial charge < -0.3 is 15.7 Å². The third-order valence-corrected chi connectivity index (χ3v) is 2.98. The van der Waals surface area contributed by atoms with Crippen molar-refractivity contribution in [2.24, 2.45) is 0 Å². The van der Waals surface area contributed by atoms with Crippen LogP contribution in [0.3, 0.4) is 0 Å². The molecule has 0 saturated carbocycles. The van der Waals surface area contributed by atoms with Crippen molar-refractivity contribution in [2.75, 3.05) is 25.0 Å². The molecule has 1 aromatic rings. The number of anilines is 1. The molecule has 3 nitrogen and oxygen atoms in total. The van der Waals surface area contributed by atoms with E-state index >= 15 is 0 Å². The number of halogens is 1. The Hall–Kier alpha value is -1.29. The van der Waals surface area contributed by atoms with Gasteiger partial charge >= 0.3 is 0 Å². The third kappa shape index (κ3) is 2.85. The average molecular weight is 224 g/mol. The topological polar surface area (TPSA) is 44.3 Å². The molecule has 0 aromatic heterocycles. The number of nitrogens with one attached hydrogen (secondary N) is 2. The highest BCUT2D eigenvalue weighted by atomic mass is 19.1. The molecular weight excluding hydrogens is 207 g/mol. The van der Waals surface area contributed by atoms with E-state index in [0.717, 1.165) is 18.8 Å². The molecule has 1 heterocycles. The van der Waals surface area contributed by atoms with Crippen molar-refractivity contribution in [3.05, 3.63) is 24.3 Å². The Kier molecular flexibility index (Phi) is 3.29. The first-order chi connectivity index (χ1) is 7.68. The summed E-state index contributed by atoms with van der Waals surface area (Å²) in [5.41, 5.74) is -0.267. The van der Waals surface area contributed by atoms with E-state index in [2.05, 4.69) is 10.6 Å². The van der Waals surface area contributed by atoms with Crippen molar-refractivity contribution in [3.63, 3.8) is 0 Å². The van der Waals surface area contributed by atoms with E-state index in [-0.39, 0.29) is 5.75 Å². The SMILES string of the molecule is Oc1ccc(NCC2(F)CCNCC2)cc1. The van der Waals surface area contributed by atoms with Crippen molar-refractivity contribution in [1.82, 2.24) is 5.32 Å². The summed E-state index contributed by atoms with van der Waals surface area (Å²) in [4.78, 5) is 0. The smallest absolute Gasteiger partial charge is 0.130 e. The third-order valence-electron chi connectivity index (χ3n) is 2.98. The molecule has 0 aliphatic carbocycles. The van der Waals surface area contributed by atoms with Crippen LogP contribution in [0.25, 0.3) is 0 Å². The molecule has 0 amide bonds. The van der Waals surface area contributed by atoms with E-state index in [1.807, 2.05) is 0 Å². The van der Waals surface area contributed by atoms with Gasteiger partial charge in [-0.1, -0.05) is 0 Å². The lowest BCUT2D eigenvalue weighted by molar-refractivity contribution is 0.131. The largest absolute Gasteiger partial charge is 0.508 e. The lowest BCUT2D eigenvalue weighted by atomic mass is 9.94. The minimum Gasteiger partial charge on any atom is -0.508 e. The van der Waals surface area contributed by atoms with Crippen molar-refractivity contribution in [2.45, 2.75) is 18.5 Å². The molecule has 0 spiro atoms. The molecule has 1 aliphatic rings. The molecule has 1 aliphatic heterocycles. The van der Waals surface area contributed by atoms with E-state index in [1.54, 1.807) is 24.3 Å². The first-order valence-corrected chi connectivity index (χ1v) is 5.61. The van der Waals surface area contributed by atoms with Crippen LogP contribution in [0.5, 0.6) is 5.75 Å². The highest BCUT2D eigenvalue weighted by Gasteiger charge is 2.31. The van der Waals surface area contributed by atoms with E-state index in [0.29, 0.717) is 19.4 Å². The first kappa shape index (κ1) is 11.2. The summed E-state index contributed by atoms with van der Waals surface area (Å²) in [6, 6.07) is 6.69. The van der Waals surface area contributed by atoms with Crippen LogP contribution in [0.15, 0.2) is 24.3 Å². The van der Waals surface area contributed by atoms with Gasteiger partial charge in [0.05, 0.1) is 0 Å². The number of piperidine rings is 1. The Morgan fingerprint density at radius 1 is 1.25 bits per heavy atom. The van der Waals surface area contributed by atoms with Gasteiger partial charge in [0.25, 0.3) is 0 Å². The van der Waals surface area contributed by atoms with Crippen LogP contribution in [0.4, 0.5) is 10.1 Å². The maximum Gasteiger partial charge on any atom is 0.130 e. The lowest BCUT2D eigenvalue weighted by Crippen LogP contribution is -2.43. The number of benzene rings is 1. The van der Waals surface area contributed by atoms with Gasteiger partial charge in [-0.05, 0) is 50.2 Å². The predicted octanol–water partition coefficient (Wildman–Crippen LogP) is 1.90. The van der Waals surface area contributed by atoms with Crippen molar-refractivity contribution in [1.29, 1.82) is 0 Å². The Balaban J connectivity index is 1.88. The summed E-state index contributed by atoms with van der Waals surface area (Å²) < 4.78 is 14.2. The second kappa shape index (κ2) is 4.70. The number of phenols is 1. The number of hydrogen-bond acceptors (Lipinski definition) is 3. The molecule has 3 N–H and O–H groups in total. The van der Waals surface area contributed by atoms with Gasteiger partial charge in [-0.25, -0.2) is 4.39 Å². The van der Waals surface area contributed by atoms with Crippen molar-refractivity contribution >= 4 is 5.69 Å². The van der Waals surface area contributed by atoms with Gasteiger partial charge in [-0.2, -0.15) is 0 Å². The normalized spacial score (nSPS) is 19.3. The lowest BCUT2D eigenvalue weighted by Gasteiger charge is -2.30. The fourth-order valence-corrected chi connectivity index (χ4v) is 1.89. The molecule has 88 valence electrons. The van der Waals surface area contributed by atoms with Gasteiger partial charge in [0, 0.05) is 12.2 Å². The average Bonchev–Trinajstić information content (AvgIpc) is 2.29. The summed E-state index contributed by atoms with van der Waals surface area (Å²) in [6.07, 6.45) is 1.11. The van der Waals surface area contributed by atoms with Gasteiger partial charge in [0.1, 0.15) is 11.4 Å². The van der Waals surface area contributed by atoms with Crippen molar-refractivity contribution < 1.29 is 9.50 Å². The molecule has 1 fully saturated rings. The first-order valence-electron chi connectivity index (χ1n) is 5.61. The maximum atomic E-state index is 14.2. The van der Waals surface area contributed by atoms with Crippen LogP contribution in [0, 0.1) is 0 Å². The zero-order valence-electron chi connectivity index (χ0n) is 9.17. The zero-order valence-corrected chi connectivity index (χ0v) is 9.17. The summed E-state index contributed by atoms with van der Waals surface area (Å²) in [6.45, 7) is 1.82. The van der Waals surface area contributed by atoms with Gasteiger partial charge in [0.2, 0.25) is 0 Å². The molecule has 4 heteroatoms. The molecule has 0 unspecified atom stereocenters. The Labute approximate surface area is 94.7 Å². The quantitative estimate of drug-likeness (QED) is 0.687. The van der Waals surface area contributed by atoms with Crippen molar-refractivity contribution in [3.8, 4) is 5.75 Å². The number of aromatic hydroxyl groups is 1. The minimum atomic E-state index is -1.11. The second-order valence-corrected chi connectivity index (χ2v) is 4.30. The van der Waals surface area contributed by atoms with Gasteiger partial charge in [0.15, 0.2) is 0 Å². The predicted molar refractivity (Wildman–Crippen MR) is 62.5 cm³/mol. The number of rotatable bonds is 3. The Bertz CT molecular complexity index is 333. The number of alkyl halides is 1. The molecule has 16 heavy (non-hydrogen) atoms. The van der Waals surface area contributed by atoms with Crippen LogP contribution in [0.1, 0.15) is 12.8 Å². The van der Waals surface area contributed by atoms with E-state index in [4.69, 9.17) is 5.11 Å². The monoisotopic (exact) mass is 224 g/mol. The molecule has 0 atom stereocenters. The number of phenolic OH excluding ortho intramolecular Hbond substituents is 1. The fourth-order valence-electron chi connectivity index (χ4n) is 1.89. The second-order valence-electron chi connectivity index (χ2n) is 4.30. The van der Waals surface area contributed by atoms with Crippen LogP contribution in [-0.4, -0.2) is 30.4 Å². The highest BCUT2D eigenvalue weighted by molar-refractivity contribution is 5.46. The Morgan fingerprint density at radius 2 is 1.88 bits per heavy atom.